The molecule has 0 fully saturated rings. The Morgan fingerprint density at radius 2 is 2.00 bits per heavy atom. The molecule has 2 rings (SSSR count). The summed E-state index contributed by atoms with van der Waals surface area (Å²) in [6.45, 7) is -0.125. The molecule has 0 aliphatic carbocycles. The van der Waals surface area contributed by atoms with E-state index in [1.165, 1.54) is 18.4 Å². The number of amides is 1. The maximum Gasteiger partial charge on any atom is 0.238 e. The molecule has 0 aliphatic heterocycles. The second-order valence-corrected chi connectivity index (χ2v) is 4.86. The summed E-state index contributed by atoms with van der Waals surface area (Å²) in [6, 6.07) is 8.64. The Labute approximate surface area is 120 Å². The van der Waals surface area contributed by atoms with Crippen LogP contribution in [-0.4, -0.2) is 25.3 Å². The summed E-state index contributed by atoms with van der Waals surface area (Å²) in [4.78, 5) is 23.9. The molecule has 1 aromatic heterocycles. The lowest BCUT2D eigenvalue weighted by Gasteiger charge is -2.08. The minimum Gasteiger partial charge on any atom is -0.496 e. The lowest BCUT2D eigenvalue weighted by molar-refractivity contribution is -0.114. The van der Waals surface area contributed by atoms with Crippen molar-refractivity contribution in [2.24, 2.45) is 5.73 Å². The SMILES string of the molecule is COc1ccccc1C(=O)c1ccsc1NC(=O)CN. The second-order valence-electron chi connectivity index (χ2n) is 3.95. The van der Waals surface area contributed by atoms with Crippen LogP contribution in [0.1, 0.15) is 15.9 Å². The van der Waals surface area contributed by atoms with E-state index in [1.54, 1.807) is 35.7 Å². The van der Waals surface area contributed by atoms with Gasteiger partial charge >= 0.3 is 0 Å². The van der Waals surface area contributed by atoms with Crippen molar-refractivity contribution in [2.75, 3.05) is 19.0 Å². The van der Waals surface area contributed by atoms with E-state index in [2.05, 4.69) is 5.32 Å². The molecule has 5 nitrogen and oxygen atoms in total. The van der Waals surface area contributed by atoms with E-state index < -0.39 is 0 Å². The van der Waals surface area contributed by atoms with Gasteiger partial charge in [-0.2, -0.15) is 0 Å². The molecule has 0 saturated carbocycles. The topological polar surface area (TPSA) is 81.4 Å². The third-order valence-corrected chi connectivity index (χ3v) is 3.53. The lowest BCUT2D eigenvalue weighted by Crippen LogP contribution is -2.22. The molecular weight excluding hydrogens is 276 g/mol. The van der Waals surface area contributed by atoms with Crippen LogP contribution in [-0.2, 0) is 4.79 Å². The fraction of sp³-hybridized carbons (Fsp3) is 0.143. The Kier molecular flexibility index (Phi) is 4.49. The summed E-state index contributed by atoms with van der Waals surface area (Å²) in [5, 5.41) is 4.86. The zero-order valence-electron chi connectivity index (χ0n) is 10.9. The Hall–Kier alpha value is -2.18. The van der Waals surface area contributed by atoms with E-state index in [-0.39, 0.29) is 18.2 Å². The van der Waals surface area contributed by atoms with E-state index in [1.807, 2.05) is 0 Å². The molecule has 3 N–H and O–H groups in total. The summed E-state index contributed by atoms with van der Waals surface area (Å²) in [5.41, 5.74) is 6.15. The van der Waals surface area contributed by atoms with Crippen LogP contribution in [0.4, 0.5) is 5.00 Å². The highest BCUT2D eigenvalue weighted by atomic mass is 32.1. The molecule has 0 atom stereocenters. The molecule has 20 heavy (non-hydrogen) atoms. The van der Waals surface area contributed by atoms with Crippen molar-refractivity contribution in [1.29, 1.82) is 0 Å². The fourth-order valence-corrected chi connectivity index (χ4v) is 2.54. The second kappa shape index (κ2) is 6.31. The molecule has 0 radical (unpaired) electrons. The molecule has 1 heterocycles. The van der Waals surface area contributed by atoms with Crippen molar-refractivity contribution >= 4 is 28.0 Å². The summed E-state index contributed by atoms with van der Waals surface area (Å²) >= 11 is 1.28. The van der Waals surface area contributed by atoms with Gasteiger partial charge in [0.25, 0.3) is 0 Å². The van der Waals surface area contributed by atoms with Crippen molar-refractivity contribution in [3.05, 3.63) is 46.8 Å². The first-order valence-electron chi connectivity index (χ1n) is 5.92. The number of hydrogen-bond donors (Lipinski definition) is 2. The van der Waals surface area contributed by atoms with Crippen molar-refractivity contribution in [3.63, 3.8) is 0 Å². The number of rotatable bonds is 5. The molecule has 104 valence electrons. The van der Waals surface area contributed by atoms with Crippen LogP contribution in [0.15, 0.2) is 35.7 Å². The van der Waals surface area contributed by atoms with Crippen LogP contribution >= 0.6 is 11.3 Å². The maximum absolute atomic E-state index is 12.5. The molecule has 0 unspecified atom stereocenters. The predicted octanol–water partition coefficient (Wildman–Crippen LogP) is 1.88. The van der Waals surface area contributed by atoms with Crippen LogP contribution in [0.25, 0.3) is 0 Å². The van der Waals surface area contributed by atoms with Crippen LogP contribution in [0.5, 0.6) is 5.75 Å². The number of ketones is 1. The highest BCUT2D eigenvalue weighted by Gasteiger charge is 2.19. The minimum absolute atomic E-state index is 0.125. The molecule has 0 spiro atoms. The van der Waals surface area contributed by atoms with Gasteiger partial charge in [0, 0.05) is 0 Å². The normalized spacial score (nSPS) is 10.1. The van der Waals surface area contributed by atoms with Crippen molar-refractivity contribution in [2.45, 2.75) is 0 Å². The number of carbonyl (C=O) groups excluding carboxylic acids is 2. The number of methoxy groups -OCH3 is 1. The summed E-state index contributed by atoms with van der Waals surface area (Å²) in [5.74, 6) is -0.0302. The molecule has 0 aliphatic rings. The molecule has 6 heteroatoms. The van der Waals surface area contributed by atoms with Gasteiger partial charge in [-0.25, -0.2) is 0 Å². The number of thiophene rings is 1. The molecule has 0 saturated heterocycles. The molecule has 0 bridgehead atoms. The van der Waals surface area contributed by atoms with Crippen molar-refractivity contribution in [3.8, 4) is 5.75 Å². The Balaban J connectivity index is 2.34. The first kappa shape index (κ1) is 14.2. The van der Waals surface area contributed by atoms with E-state index in [0.29, 0.717) is 21.9 Å². The first-order valence-corrected chi connectivity index (χ1v) is 6.80. The number of nitrogens with one attached hydrogen (secondary N) is 1. The van der Waals surface area contributed by atoms with Gasteiger partial charge in [-0.3, -0.25) is 9.59 Å². The number of para-hydroxylation sites is 1. The largest absolute Gasteiger partial charge is 0.496 e. The van der Waals surface area contributed by atoms with E-state index in [4.69, 9.17) is 10.5 Å². The van der Waals surface area contributed by atoms with Crippen LogP contribution in [0.2, 0.25) is 0 Å². The zero-order valence-corrected chi connectivity index (χ0v) is 11.7. The smallest absolute Gasteiger partial charge is 0.238 e. The number of carbonyl (C=O) groups is 2. The van der Waals surface area contributed by atoms with Crippen LogP contribution in [0, 0.1) is 0 Å². The van der Waals surface area contributed by atoms with Gasteiger partial charge < -0.3 is 15.8 Å². The summed E-state index contributed by atoms with van der Waals surface area (Å²) < 4.78 is 5.18. The van der Waals surface area contributed by atoms with Crippen LogP contribution in [0.3, 0.4) is 0 Å². The molecule has 1 amide bonds. The molecule has 1 aromatic carbocycles. The highest BCUT2D eigenvalue weighted by molar-refractivity contribution is 7.14. The van der Waals surface area contributed by atoms with E-state index in [9.17, 15) is 9.59 Å². The molecule has 2 aromatic rings. The van der Waals surface area contributed by atoms with Crippen molar-refractivity contribution in [1.82, 2.24) is 0 Å². The van der Waals surface area contributed by atoms with E-state index in [0.717, 1.165) is 0 Å². The van der Waals surface area contributed by atoms with Crippen LogP contribution < -0.4 is 15.8 Å². The lowest BCUT2D eigenvalue weighted by atomic mass is 10.0. The first-order chi connectivity index (χ1) is 9.67. The number of ether oxygens (including phenoxy) is 1. The monoisotopic (exact) mass is 290 g/mol. The number of nitrogens with two attached hydrogens (primary N) is 1. The van der Waals surface area contributed by atoms with Gasteiger partial charge in [0.05, 0.1) is 24.8 Å². The quantitative estimate of drug-likeness (QED) is 0.824. The maximum atomic E-state index is 12.5. The summed E-state index contributed by atoms with van der Waals surface area (Å²) in [6.07, 6.45) is 0. The number of anilines is 1. The molecular formula is C14H14N2O3S. The average Bonchev–Trinajstić information content (AvgIpc) is 2.94. The van der Waals surface area contributed by atoms with Gasteiger partial charge in [-0.15, -0.1) is 11.3 Å². The number of hydrogen-bond acceptors (Lipinski definition) is 5. The minimum atomic E-state index is -0.332. The Bertz CT molecular complexity index is 637. The van der Waals surface area contributed by atoms with E-state index >= 15 is 0 Å². The Morgan fingerprint density at radius 1 is 1.25 bits per heavy atom. The average molecular weight is 290 g/mol. The standard InChI is InChI=1S/C14H14N2O3S/c1-19-11-5-3-2-4-9(11)13(18)10-6-7-20-14(10)16-12(17)8-15/h2-7H,8,15H2,1H3,(H,16,17). The highest BCUT2D eigenvalue weighted by Crippen LogP contribution is 2.28. The number of benzene rings is 1. The third-order valence-electron chi connectivity index (χ3n) is 2.70. The van der Waals surface area contributed by atoms with Gasteiger partial charge in [0.1, 0.15) is 10.8 Å². The Morgan fingerprint density at radius 3 is 2.70 bits per heavy atom. The van der Waals surface area contributed by atoms with Gasteiger partial charge in [0.15, 0.2) is 5.78 Å². The third kappa shape index (κ3) is 2.87. The zero-order chi connectivity index (χ0) is 14.5. The van der Waals surface area contributed by atoms with Gasteiger partial charge in [-0.1, -0.05) is 12.1 Å². The fourth-order valence-electron chi connectivity index (χ4n) is 1.74. The van der Waals surface area contributed by atoms with Gasteiger partial charge in [-0.05, 0) is 23.6 Å². The van der Waals surface area contributed by atoms with Gasteiger partial charge in [0.2, 0.25) is 5.91 Å². The predicted molar refractivity (Wildman–Crippen MR) is 78.4 cm³/mol. The summed E-state index contributed by atoms with van der Waals surface area (Å²) in [7, 11) is 1.51. The van der Waals surface area contributed by atoms with Crippen molar-refractivity contribution < 1.29 is 14.3 Å².